The molecular weight excluding hydrogens is 284 g/mol. The van der Waals surface area contributed by atoms with Crippen molar-refractivity contribution in [2.24, 2.45) is 0 Å². The molecule has 1 aliphatic heterocycles. The molecule has 4 rings (SSSR count). The van der Waals surface area contributed by atoms with Crippen LogP contribution in [0.4, 0.5) is 0 Å². The van der Waals surface area contributed by atoms with E-state index in [1.807, 2.05) is 10.7 Å². The van der Waals surface area contributed by atoms with Crippen molar-refractivity contribution in [3.63, 3.8) is 0 Å². The zero-order valence-electron chi connectivity index (χ0n) is 11.7. The fraction of sp³-hybridized carbons (Fsp3) is 0.267. The Morgan fingerprint density at radius 2 is 2.32 bits per heavy atom. The Kier molecular flexibility index (Phi) is 3.03. The monoisotopic (exact) mass is 298 g/mol. The molecule has 1 aliphatic rings. The molecule has 0 bridgehead atoms. The Morgan fingerprint density at radius 3 is 3.18 bits per heavy atom. The van der Waals surface area contributed by atoms with Crippen molar-refractivity contribution in [2.75, 3.05) is 0 Å². The smallest absolute Gasteiger partial charge is 0.273 e. The lowest BCUT2D eigenvalue weighted by atomic mass is 10.0. The number of hydrogen-bond acceptors (Lipinski definition) is 5. The van der Waals surface area contributed by atoms with Crippen molar-refractivity contribution in [1.29, 1.82) is 0 Å². The molecule has 0 radical (unpaired) electrons. The number of carbonyl (C=O) groups is 1. The third-order valence-corrected chi connectivity index (χ3v) is 3.79. The summed E-state index contributed by atoms with van der Waals surface area (Å²) >= 11 is 0. The third kappa shape index (κ3) is 2.30. The van der Waals surface area contributed by atoms with Gasteiger partial charge < -0.3 is 14.3 Å². The average Bonchev–Trinajstić information content (AvgIpc) is 3.26. The number of nitrogens with zero attached hydrogens (tertiary/aromatic N) is 3. The van der Waals surface area contributed by atoms with Gasteiger partial charge in [-0.2, -0.15) is 5.10 Å². The van der Waals surface area contributed by atoms with Gasteiger partial charge in [0.1, 0.15) is 0 Å². The third-order valence-electron chi connectivity index (χ3n) is 3.79. The fourth-order valence-corrected chi connectivity index (χ4v) is 2.67. The molecule has 0 spiro atoms. The minimum absolute atomic E-state index is 0.0838. The molecule has 112 valence electrons. The molecule has 22 heavy (non-hydrogen) atoms. The van der Waals surface area contributed by atoms with Gasteiger partial charge in [0, 0.05) is 37.0 Å². The zero-order valence-corrected chi connectivity index (χ0v) is 11.7. The van der Waals surface area contributed by atoms with Crippen molar-refractivity contribution in [3.05, 3.63) is 48.1 Å². The van der Waals surface area contributed by atoms with E-state index >= 15 is 0 Å². The van der Waals surface area contributed by atoms with Gasteiger partial charge >= 0.3 is 0 Å². The summed E-state index contributed by atoms with van der Waals surface area (Å²) in [6.07, 6.45) is 4.95. The highest BCUT2D eigenvalue weighted by Gasteiger charge is 2.23. The first-order chi connectivity index (χ1) is 10.8. The Balaban J connectivity index is 1.45. The van der Waals surface area contributed by atoms with E-state index in [4.69, 9.17) is 8.94 Å². The molecule has 0 unspecified atom stereocenters. The summed E-state index contributed by atoms with van der Waals surface area (Å²) < 4.78 is 12.3. The van der Waals surface area contributed by atoms with Crippen LogP contribution in [0.5, 0.6) is 0 Å². The summed E-state index contributed by atoms with van der Waals surface area (Å²) in [6, 6.07) is 7.15. The molecule has 0 saturated carbocycles. The number of amides is 1. The normalized spacial score (nSPS) is 17.2. The van der Waals surface area contributed by atoms with Crippen LogP contribution in [0.25, 0.3) is 11.5 Å². The zero-order chi connectivity index (χ0) is 14.9. The lowest BCUT2D eigenvalue weighted by Gasteiger charge is -2.23. The van der Waals surface area contributed by atoms with Crippen LogP contribution in [0.1, 0.15) is 22.6 Å². The minimum Gasteiger partial charge on any atom is -0.461 e. The number of aryl methyl sites for hydroxylation is 1. The van der Waals surface area contributed by atoms with E-state index in [1.165, 1.54) is 0 Å². The van der Waals surface area contributed by atoms with Gasteiger partial charge in [0.2, 0.25) is 5.76 Å². The van der Waals surface area contributed by atoms with E-state index in [1.54, 1.807) is 30.7 Å². The van der Waals surface area contributed by atoms with E-state index in [9.17, 15) is 4.79 Å². The summed E-state index contributed by atoms with van der Waals surface area (Å²) in [5.41, 5.74) is 1.39. The predicted octanol–water partition coefficient (Wildman–Crippen LogP) is 1.88. The van der Waals surface area contributed by atoms with Gasteiger partial charge in [0.05, 0.1) is 6.26 Å². The molecule has 3 aromatic heterocycles. The standard InChI is InChI=1S/C15H14N4O3/c20-15(12-9-14(22-18-12)13-2-1-7-21-13)17-10-4-6-19-11(8-10)3-5-16-19/h1-3,5,7,9-10H,4,6,8H2,(H,17,20)/t10-/m0/s1. The average molecular weight is 298 g/mol. The Hall–Kier alpha value is -2.83. The second-order valence-electron chi connectivity index (χ2n) is 5.26. The Labute approximate surface area is 125 Å². The summed E-state index contributed by atoms with van der Waals surface area (Å²) in [4.78, 5) is 12.3. The van der Waals surface area contributed by atoms with Crippen LogP contribution in [0.2, 0.25) is 0 Å². The summed E-state index contributed by atoms with van der Waals surface area (Å²) in [6.45, 7) is 0.809. The molecule has 4 heterocycles. The Bertz CT molecular complexity index is 787. The minimum atomic E-state index is -0.237. The van der Waals surface area contributed by atoms with Crippen LogP contribution < -0.4 is 5.32 Å². The van der Waals surface area contributed by atoms with Crippen LogP contribution in [-0.4, -0.2) is 26.9 Å². The maximum atomic E-state index is 12.3. The van der Waals surface area contributed by atoms with Crippen molar-refractivity contribution < 1.29 is 13.7 Å². The van der Waals surface area contributed by atoms with Crippen molar-refractivity contribution in [3.8, 4) is 11.5 Å². The molecule has 7 heteroatoms. The van der Waals surface area contributed by atoms with E-state index in [0.717, 1.165) is 25.1 Å². The van der Waals surface area contributed by atoms with Crippen molar-refractivity contribution >= 4 is 5.91 Å². The van der Waals surface area contributed by atoms with Crippen LogP contribution >= 0.6 is 0 Å². The topological polar surface area (TPSA) is 86.1 Å². The number of furan rings is 1. The van der Waals surface area contributed by atoms with E-state index in [2.05, 4.69) is 15.6 Å². The SMILES string of the molecule is O=C(N[C@H]1CCn2nccc2C1)c1cc(-c2ccco2)on1. The van der Waals surface area contributed by atoms with Crippen LogP contribution in [-0.2, 0) is 13.0 Å². The number of nitrogens with one attached hydrogen (secondary N) is 1. The first kappa shape index (κ1) is 12.9. The van der Waals surface area contributed by atoms with Crippen LogP contribution in [0, 0.1) is 0 Å². The van der Waals surface area contributed by atoms with Gasteiger partial charge in [-0.05, 0) is 24.6 Å². The number of rotatable bonds is 3. The number of fused-ring (bicyclic) bond motifs is 1. The summed E-state index contributed by atoms with van der Waals surface area (Å²) in [7, 11) is 0. The molecule has 0 fully saturated rings. The second-order valence-corrected chi connectivity index (χ2v) is 5.26. The Morgan fingerprint density at radius 1 is 1.36 bits per heavy atom. The van der Waals surface area contributed by atoms with Crippen LogP contribution in [0.15, 0.2) is 45.7 Å². The maximum Gasteiger partial charge on any atom is 0.273 e. The largest absolute Gasteiger partial charge is 0.461 e. The molecule has 1 N–H and O–H groups in total. The number of hydrogen-bond donors (Lipinski definition) is 1. The lowest BCUT2D eigenvalue weighted by Crippen LogP contribution is -2.40. The lowest BCUT2D eigenvalue weighted by molar-refractivity contribution is 0.0921. The molecule has 7 nitrogen and oxygen atoms in total. The molecule has 0 aliphatic carbocycles. The highest BCUT2D eigenvalue weighted by molar-refractivity contribution is 5.93. The highest BCUT2D eigenvalue weighted by atomic mass is 16.5. The van der Waals surface area contributed by atoms with E-state index < -0.39 is 0 Å². The first-order valence-electron chi connectivity index (χ1n) is 7.12. The van der Waals surface area contributed by atoms with Gasteiger partial charge in [0.15, 0.2) is 11.5 Å². The van der Waals surface area contributed by atoms with Gasteiger partial charge in [-0.1, -0.05) is 5.16 Å². The second kappa shape index (κ2) is 5.18. The predicted molar refractivity (Wildman–Crippen MR) is 76.0 cm³/mol. The fourth-order valence-electron chi connectivity index (χ4n) is 2.67. The molecule has 0 saturated heterocycles. The summed E-state index contributed by atoms with van der Waals surface area (Å²) in [5, 5.41) is 11.0. The number of carbonyl (C=O) groups excluding carboxylic acids is 1. The molecular formula is C15H14N4O3. The van der Waals surface area contributed by atoms with E-state index in [-0.39, 0.29) is 17.6 Å². The number of aromatic nitrogens is 3. The van der Waals surface area contributed by atoms with Gasteiger partial charge in [-0.25, -0.2) is 0 Å². The molecule has 3 aromatic rings. The van der Waals surface area contributed by atoms with Crippen LogP contribution in [0.3, 0.4) is 0 Å². The quantitative estimate of drug-likeness (QED) is 0.797. The van der Waals surface area contributed by atoms with Crippen molar-refractivity contribution in [2.45, 2.75) is 25.4 Å². The molecule has 1 amide bonds. The first-order valence-corrected chi connectivity index (χ1v) is 7.12. The van der Waals surface area contributed by atoms with E-state index in [0.29, 0.717) is 11.5 Å². The van der Waals surface area contributed by atoms with Gasteiger partial charge in [-0.3, -0.25) is 9.48 Å². The molecule has 1 atom stereocenters. The van der Waals surface area contributed by atoms with Gasteiger partial charge in [0.25, 0.3) is 5.91 Å². The maximum absolute atomic E-state index is 12.3. The summed E-state index contributed by atoms with van der Waals surface area (Å²) in [5.74, 6) is 0.754. The van der Waals surface area contributed by atoms with Crippen molar-refractivity contribution in [1.82, 2.24) is 20.3 Å². The van der Waals surface area contributed by atoms with Gasteiger partial charge in [-0.15, -0.1) is 0 Å². The highest BCUT2D eigenvalue weighted by Crippen LogP contribution is 2.21. The molecule has 0 aromatic carbocycles.